The minimum absolute atomic E-state index is 0.129. The third kappa shape index (κ3) is 2.83. The van der Waals surface area contributed by atoms with Crippen molar-refractivity contribution < 1.29 is 15.0 Å². The summed E-state index contributed by atoms with van der Waals surface area (Å²) < 4.78 is 0. The molecule has 1 aliphatic carbocycles. The van der Waals surface area contributed by atoms with E-state index in [2.05, 4.69) is 12.2 Å². The Morgan fingerprint density at radius 2 is 2.00 bits per heavy atom. The first-order valence-corrected chi connectivity index (χ1v) is 6.87. The molecule has 104 valence electrons. The molecule has 0 aliphatic heterocycles. The monoisotopic (exact) mass is 263 g/mol. The maximum Gasteiger partial charge on any atom is 0.255 e. The summed E-state index contributed by atoms with van der Waals surface area (Å²) >= 11 is 0. The van der Waals surface area contributed by atoms with Crippen LogP contribution in [0.2, 0.25) is 0 Å². The van der Waals surface area contributed by atoms with Crippen LogP contribution in [0.15, 0.2) is 18.2 Å². The molecule has 0 spiro atoms. The lowest BCUT2D eigenvalue weighted by Gasteiger charge is -2.27. The van der Waals surface area contributed by atoms with Gasteiger partial charge in [0.15, 0.2) is 11.5 Å². The molecule has 1 amide bonds. The second kappa shape index (κ2) is 5.51. The van der Waals surface area contributed by atoms with Crippen LogP contribution < -0.4 is 5.32 Å². The predicted octanol–water partition coefficient (Wildman–Crippen LogP) is 2.80. The maximum absolute atomic E-state index is 12.1. The highest BCUT2D eigenvalue weighted by Gasteiger charge is 2.32. The van der Waals surface area contributed by atoms with E-state index in [0.717, 1.165) is 19.3 Å². The molecule has 1 aliphatic rings. The molecule has 0 radical (unpaired) electrons. The van der Waals surface area contributed by atoms with E-state index in [9.17, 15) is 15.0 Å². The van der Waals surface area contributed by atoms with Crippen molar-refractivity contribution in [2.24, 2.45) is 5.41 Å². The fourth-order valence-corrected chi connectivity index (χ4v) is 2.86. The van der Waals surface area contributed by atoms with Gasteiger partial charge >= 0.3 is 0 Å². The minimum atomic E-state index is -0.350. The zero-order chi connectivity index (χ0) is 13.9. The van der Waals surface area contributed by atoms with Crippen LogP contribution in [-0.2, 0) is 0 Å². The molecule has 1 saturated carbocycles. The van der Waals surface area contributed by atoms with Gasteiger partial charge in [0, 0.05) is 6.54 Å². The van der Waals surface area contributed by atoms with Gasteiger partial charge in [-0.2, -0.15) is 0 Å². The number of para-hydroxylation sites is 1. The van der Waals surface area contributed by atoms with E-state index in [1.807, 2.05) is 0 Å². The lowest BCUT2D eigenvalue weighted by atomic mass is 9.83. The molecule has 1 aromatic carbocycles. The van der Waals surface area contributed by atoms with Crippen molar-refractivity contribution in [1.29, 1.82) is 0 Å². The SMILES string of the molecule is CCC1(CNC(=O)c2cccc(O)c2O)CCCC1. The quantitative estimate of drug-likeness (QED) is 0.732. The van der Waals surface area contributed by atoms with Crippen LogP contribution in [0.25, 0.3) is 0 Å². The smallest absolute Gasteiger partial charge is 0.255 e. The minimum Gasteiger partial charge on any atom is -0.504 e. The third-order valence-electron chi connectivity index (χ3n) is 4.30. The molecule has 1 fully saturated rings. The second-order valence-electron chi connectivity index (χ2n) is 5.42. The molecule has 0 aromatic heterocycles. The van der Waals surface area contributed by atoms with Gasteiger partial charge in [-0.3, -0.25) is 4.79 Å². The van der Waals surface area contributed by atoms with Crippen molar-refractivity contribution in [3.05, 3.63) is 23.8 Å². The van der Waals surface area contributed by atoms with Crippen LogP contribution in [0, 0.1) is 5.41 Å². The Kier molecular flexibility index (Phi) is 3.98. The average molecular weight is 263 g/mol. The molecule has 3 N–H and O–H groups in total. The van der Waals surface area contributed by atoms with Crippen molar-refractivity contribution in [3.63, 3.8) is 0 Å². The van der Waals surface area contributed by atoms with Crippen molar-refractivity contribution in [2.75, 3.05) is 6.54 Å². The summed E-state index contributed by atoms with van der Waals surface area (Å²) in [6.07, 6.45) is 5.80. The Morgan fingerprint density at radius 3 is 2.63 bits per heavy atom. The zero-order valence-corrected chi connectivity index (χ0v) is 11.3. The summed E-state index contributed by atoms with van der Waals surface area (Å²) in [7, 11) is 0. The molecule has 1 aromatic rings. The number of phenolic OH excluding ortho intramolecular Hbond substituents is 2. The lowest BCUT2D eigenvalue weighted by Crippen LogP contribution is -2.35. The molecular formula is C15H21NO3. The number of hydrogen-bond acceptors (Lipinski definition) is 3. The Hall–Kier alpha value is -1.71. The fraction of sp³-hybridized carbons (Fsp3) is 0.533. The molecule has 4 heteroatoms. The average Bonchev–Trinajstić information content (AvgIpc) is 2.89. The Labute approximate surface area is 113 Å². The second-order valence-corrected chi connectivity index (χ2v) is 5.42. The molecule has 4 nitrogen and oxygen atoms in total. The number of nitrogens with one attached hydrogen (secondary N) is 1. The number of hydrogen-bond donors (Lipinski definition) is 3. The van der Waals surface area contributed by atoms with Gasteiger partial charge < -0.3 is 15.5 Å². The molecule has 0 unspecified atom stereocenters. The van der Waals surface area contributed by atoms with Crippen molar-refractivity contribution in [3.8, 4) is 11.5 Å². The number of benzene rings is 1. The summed E-state index contributed by atoms with van der Waals surface area (Å²) in [5.74, 6) is -0.941. The van der Waals surface area contributed by atoms with Gasteiger partial charge in [-0.15, -0.1) is 0 Å². The van der Waals surface area contributed by atoms with Crippen LogP contribution in [0.1, 0.15) is 49.4 Å². The standard InChI is InChI=1S/C15H21NO3/c1-2-15(8-3-4-9-15)10-16-14(19)11-6-5-7-12(17)13(11)18/h5-7,17-18H,2-4,8-10H2,1H3,(H,16,19). The van der Waals surface area contributed by atoms with Gasteiger partial charge in [0.1, 0.15) is 0 Å². The van der Waals surface area contributed by atoms with E-state index in [1.165, 1.54) is 25.0 Å². The number of phenols is 2. The Morgan fingerprint density at radius 1 is 1.32 bits per heavy atom. The maximum atomic E-state index is 12.1. The first-order valence-electron chi connectivity index (χ1n) is 6.87. The molecule has 19 heavy (non-hydrogen) atoms. The summed E-state index contributed by atoms with van der Waals surface area (Å²) in [5, 5.41) is 22.0. The van der Waals surface area contributed by atoms with E-state index in [1.54, 1.807) is 6.07 Å². The van der Waals surface area contributed by atoms with Crippen LogP contribution in [0.4, 0.5) is 0 Å². The molecular weight excluding hydrogens is 242 g/mol. The lowest BCUT2D eigenvalue weighted by molar-refractivity contribution is 0.0925. The van der Waals surface area contributed by atoms with E-state index in [4.69, 9.17) is 0 Å². The van der Waals surface area contributed by atoms with Crippen LogP contribution in [0.3, 0.4) is 0 Å². The van der Waals surface area contributed by atoms with Crippen LogP contribution in [-0.4, -0.2) is 22.7 Å². The van der Waals surface area contributed by atoms with Gasteiger partial charge in [0.05, 0.1) is 5.56 Å². The summed E-state index contributed by atoms with van der Waals surface area (Å²) in [5.41, 5.74) is 0.339. The molecule has 0 atom stereocenters. The summed E-state index contributed by atoms with van der Waals surface area (Å²) in [6, 6.07) is 4.42. The fourth-order valence-electron chi connectivity index (χ4n) is 2.86. The first-order chi connectivity index (χ1) is 9.08. The Bertz CT molecular complexity index is 464. The highest BCUT2D eigenvalue weighted by molar-refractivity contribution is 5.97. The largest absolute Gasteiger partial charge is 0.504 e. The molecule has 2 rings (SSSR count). The van der Waals surface area contributed by atoms with Crippen molar-refractivity contribution >= 4 is 5.91 Å². The van der Waals surface area contributed by atoms with E-state index >= 15 is 0 Å². The Balaban J connectivity index is 2.03. The van der Waals surface area contributed by atoms with E-state index < -0.39 is 0 Å². The summed E-state index contributed by atoms with van der Waals surface area (Å²) in [6.45, 7) is 2.79. The highest BCUT2D eigenvalue weighted by atomic mass is 16.3. The van der Waals surface area contributed by atoms with E-state index in [0.29, 0.717) is 6.54 Å². The van der Waals surface area contributed by atoms with Gasteiger partial charge in [0.2, 0.25) is 0 Å². The number of rotatable bonds is 4. The van der Waals surface area contributed by atoms with Crippen LogP contribution >= 0.6 is 0 Å². The van der Waals surface area contributed by atoms with Gasteiger partial charge in [-0.25, -0.2) is 0 Å². The van der Waals surface area contributed by atoms with Gasteiger partial charge in [-0.1, -0.05) is 25.8 Å². The number of carbonyl (C=O) groups excluding carboxylic acids is 1. The normalized spacial score (nSPS) is 17.3. The topological polar surface area (TPSA) is 69.6 Å². The molecule has 0 bridgehead atoms. The first kappa shape index (κ1) is 13.7. The van der Waals surface area contributed by atoms with Crippen molar-refractivity contribution in [1.82, 2.24) is 5.32 Å². The van der Waals surface area contributed by atoms with Gasteiger partial charge in [-0.05, 0) is 36.8 Å². The number of aromatic hydroxyl groups is 2. The van der Waals surface area contributed by atoms with E-state index in [-0.39, 0.29) is 28.4 Å². The molecule has 0 saturated heterocycles. The molecule has 0 heterocycles. The van der Waals surface area contributed by atoms with Gasteiger partial charge in [0.25, 0.3) is 5.91 Å². The predicted molar refractivity (Wildman–Crippen MR) is 73.3 cm³/mol. The highest BCUT2D eigenvalue weighted by Crippen LogP contribution is 2.40. The zero-order valence-electron chi connectivity index (χ0n) is 11.3. The van der Waals surface area contributed by atoms with Crippen molar-refractivity contribution in [2.45, 2.75) is 39.0 Å². The number of amides is 1. The third-order valence-corrected chi connectivity index (χ3v) is 4.30. The number of carbonyl (C=O) groups is 1. The summed E-state index contributed by atoms with van der Waals surface area (Å²) in [4.78, 5) is 12.1. The van der Waals surface area contributed by atoms with Crippen LogP contribution in [0.5, 0.6) is 11.5 Å².